The zero-order valence-electron chi connectivity index (χ0n) is 10.9. The maximum absolute atomic E-state index is 5.30. The van der Waals surface area contributed by atoms with Crippen LogP contribution in [0.1, 0.15) is 18.5 Å². The van der Waals surface area contributed by atoms with Gasteiger partial charge in [0.25, 0.3) is 0 Å². The lowest BCUT2D eigenvalue weighted by atomic mass is 10.1. The van der Waals surface area contributed by atoms with Crippen molar-refractivity contribution in [3.63, 3.8) is 0 Å². The Hall–Kier alpha value is -2.10. The van der Waals surface area contributed by atoms with E-state index in [1.165, 1.54) is 0 Å². The first-order valence-electron chi connectivity index (χ1n) is 5.86. The number of methoxy groups -OCH3 is 2. The first kappa shape index (κ1) is 12.4. The molecule has 1 N–H and O–H groups in total. The molecule has 1 atom stereocenters. The Kier molecular flexibility index (Phi) is 3.77. The monoisotopic (exact) mass is 246 g/mol. The Bertz CT molecular complexity index is 495. The smallest absolute Gasteiger partial charge is 0.161 e. The number of rotatable bonds is 5. The highest BCUT2D eigenvalue weighted by molar-refractivity contribution is 5.44. The van der Waals surface area contributed by atoms with Crippen LogP contribution >= 0.6 is 0 Å². The van der Waals surface area contributed by atoms with E-state index in [1.54, 1.807) is 14.2 Å². The van der Waals surface area contributed by atoms with Crippen molar-refractivity contribution in [2.24, 2.45) is 0 Å². The van der Waals surface area contributed by atoms with Crippen LogP contribution in [0.2, 0.25) is 0 Å². The van der Waals surface area contributed by atoms with Crippen molar-refractivity contribution in [2.45, 2.75) is 13.0 Å². The van der Waals surface area contributed by atoms with Crippen molar-refractivity contribution < 1.29 is 9.47 Å². The zero-order valence-corrected chi connectivity index (χ0v) is 10.9. The molecule has 0 saturated heterocycles. The minimum atomic E-state index is 0.178. The Labute approximate surface area is 107 Å². The highest BCUT2D eigenvalue weighted by Gasteiger charge is 2.09. The topological polar surface area (TPSA) is 35.4 Å². The third-order valence-corrected chi connectivity index (χ3v) is 2.85. The minimum Gasteiger partial charge on any atom is -0.493 e. The molecule has 0 aliphatic carbocycles. The summed E-state index contributed by atoms with van der Waals surface area (Å²) in [5.41, 5.74) is 4.49. The van der Waals surface area contributed by atoms with E-state index in [0.717, 1.165) is 17.1 Å². The molecule has 0 radical (unpaired) electrons. The summed E-state index contributed by atoms with van der Waals surface area (Å²) in [5, 5.41) is 0. The van der Waals surface area contributed by atoms with E-state index >= 15 is 0 Å². The first-order valence-corrected chi connectivity index (χ1v) is 5.86. The summed E-state index contributed by atoms with van der Waals surface area (Å²) in [6.45, 7) is 2.10. The summed E-state index contributed by atoms with van der Waals surface area (Å²) in [4.78, 5) is 0. The molecule has 1 heterocycles. The molecular formula is C14H18N2O2. The molecule has 0 saturated carbocycles. The number of nitrogens with zero attached hydrogens (tertiary/aromatic N) is 1. The molecule has 4 heteroatoms. The van der Waals surface area contributed by atoms with Gasteiger partial charge in [-0.2, -0.15) is 0 Å². The minimum absolute atomic E-state index is 0.178. The molecule has 0 aliphatic heterocycles. The fourth-order valence-corrected chi connectivity index (χ4v) is 1.84. The van der Waals surface area contributed by atoms with Crippen LogP contribution in [0.3, 0.4) is 0 Å². The maximum atomic E-state index is 5.30. The van der Waals surface area contributed by atoms with Crippen LogP contribution in [-0.4, -0.2) is 18.9 Å². The van der Waals surface area contributed by atoms with Crippen molar-refractivity contribution in [1.82, 2.24) is 4.68 Å². The summed E-state index contributed by atoms with van der Waals surface area (Å²) >= 11 is 0. The van der Waals surface area contributed by atoms with E-state index < -0.39 is 0 Å². The molecule has 2 rings (SSSR count). The predicted molar refractivity (Wildman–Crippen MR) is 71.8 cm³/mol. The highest BCUT2D eigenvalue weighted by Crippen LogP contribution is 2.30. The van der Waals surface area contributed by atoms with Crippen LogP contribution in [0.25, 0.3) is 0 Å². The number of hydrogen-bond acceptors (Lipinski definition) is 3. The van der Waals surface area contributed by atoms with E-state index in [9.17, 15) is 0 Å². The SMILES string of the molecule is COc1ccc(C(C)Nn2cccc2)cc1OC. The van der Waals surface area contributed by atoms with Crippen LogP contribution in [0.4, 0.5) is 0 Å². The summed E-state index contributed by atoms with van der Waals surface area (Å²) in [7, 11) is 3.28. The second-order valence-corrected chi connectivity index (χ2v) is 4.06. The average molecular weight is 246 g/mol. The third kappa shape index (κ3) is 2.59. The molecule has 1 aromatic carbocycles. The fourth-order valence-electron chi connectivity index (χ4n) is 1.84. The summed E-state index contributed by atoms with van der Waals surface area (Å²) in [6, 6.07) is 10.1. The van der Waals surface area contributed by atoms with Gasteiger partial charge in [0, 0.05) is 12.4 Å². The molecule has 2 aromatic rings. The molecule has 0 bridgehead atoms. The van der Waals surface area contributed by atoms with Gasteiger partial charge in [0.15, 0.2) is 11.5 Å². The van der Waals surface area contributed by atoms with Crippen LogP contribution in [0.5, 0.6) is 11.5 Å². The second-order valence-electron chi connectivity index (χ2n) is 4.06. The summed E-state index contributed by atoms with van der Waals surface area (Å²) in [5.74, 6) is 1.49. The lowest BCUT2D eigenvalue weighted by Crippen LogP contribution is -2.16. The second kappa shape index (κ2) is 5.49. The molecule has 4 nitrogen and oxygen atoms in total. The molecule has 0 amide bonds. The number of nitrogens with one attached hydrogen (secondary N) is 1. The van der Waals surface area contributed by atoms with Gasteiger partial charge in [0.05, 0.1) is 20.3 Å². The molecular weight excluding hydrogens is 228 g/mol. The van der Waals surface area contributed by atoms with Crippen molar-refractivity contribution in [3.05, 3.63) is 48.3 Å². The van der Waals surface area contributed by atoms with Gasteiger partial charge in [-0.3, -0.25) is 4.68 Å². The zero-order chi connectivity index (χ0) is 13.0. The molecule has 18 heavy (non-hydrogen) atoms. The van der Waals surface area contributed by atoms with Gasteiger partial charge in [-0.15, -0.1) is 0 Å². The lowest BCUT2D eigenvalue weighted by molar-refractivity contribution is 0.354. The molecule has 96 valence electrons. The largest absolute Gasteiger partial charge is 0.493 e. The quantitative estimate of drug-likeness (QED) is 0.881. The third-order valence-electron chi connectivity index (χ3n) is 2.85. The van der Waals surface area contributed by atoms with Gasteiger partial charge in [-0.05, 0) is 36.8 Å². The van der Waals surface area contributed by atoms with Gasteiger partial charge in [-0.25, -0.2) is 0 Å². The highest BCUT2D eigenvalue weighted by atomic mass is 16.5. The standard InChI is InChI=1S/C14H18N2O2/c1-11(15-16-8-4-5-9-16)12-6-7-13(17-2)14(10-12)18-3/h4-11,15H,1-3H3. The van der Waals surface area contributed by atoms with Crippen molar-refractivity contribution in [2.75, 3.05) is 19.6 Å². The molecule has 0 fully saturated rings. The Balaban J connectivity index is 2.17. The summed E-state index contributed by atoms with van der Waals surface area (Å²) in [6.07, 6.45) is 3.94. The van der Waals surface area contributed by atoms with E-state index in [4.69, 9.17) is 9.47 Å². The molecule has 1 unspecified atom stereocenters. The molecule has 1 aromatic heterocycles. The van der Waals surface area contributed by atoms with Crippen LogP contribution in [-0.2, 0) is 0 Å². The Morgan fingerprint density at radius 3 is 2.33 bits per heavy atom. The normalized spacial score (nSPS) is 11.9. The maximum Gasteiger partial charge on any atom is 0.161 e. The number of hydrogen-bond donors (Lipinski definition) is 1. The van der Waals surface area contributed by atoms with Gasteiger partial charge >= 0.3 is 0 Å². The van der Waals surface area contributed by atoms with Gasteiger partial charge < -0.3 is 14.9 Å². The number of aromatic nitrogens is 1. The van der Waals surface area contributed by atoms with Crippen LogP contribution < -0.4 is 14.9 Å². The fraction of sp³-hybridized carbons (Fsp3) is 0.286. The Morgan fingerprint density at radius 1 is 1.06 bits per heavy atom. The van der Waals surface area contributed by atoms with Crippen molar-refractivity contribution in [1.29, 1.82) is 0 Å². The van der Waals surface area contributed by atoms with Crippen LogP contribution in [0, 0.1) is 0 Å². The van der Waals surface area contributed by atoms with E-state index in [2.05, 4.69) is 12.3 Å². The molecule has 0 spiro atoms. The van der Waals surface area contributed by atoms with E-state index in [1.807, 2.05) is 47.4 Å². The van der Waals surface area contributed by atoms with E-state index in [0.29, 0.717) is 0 Å². The summed E-state index contributed by atoms with van der Waals surface area (Å²) < 4.78 is 12.5. The van der Waals surface area contributed by atoms with E-state index in [-0.39, 0.29) is 6.04 Å². The Morgan fingerprint density at radius 2 is 1.72 bits per heavy atom. The van der Waals surface area contributed by atoms with Gasteiger partial charge in [0.1, 0.15) is 0 Å². The lowest BCUT2D eigenvalue weighted by Gasteiger charge is -2.18. The van der Waals surface area contributed by atoms with Gasteiger partial charge in [-0.1, -0.05) is 6.07 Å². The first-order chi connectivity index (χ1) is 8.74. The molecule has 0 aliphatic rings. The number of ether oxygens (including phenoxy) is 2. The predicted octanol–water partition coefficient (Wildman–Crippen LogP) is 2.81. The van der Waals surface area contributed by atoms with Crippen molar-refractivity contribution in [3.8, 4) is 11.5 Å². The van der Waals surface area contributed by atoms with Crippen molar-refractivity contribution >= 4 is 0 Å². The van der Waals surface area contributed by atoms with Gasteiger partial charge in [0.2, 0.25) is 0 Å². The number of benzene rings is 1. The van der Waals surface area contributed by atoms with Crippen LogP contribution in [0.15, 0.2) is 42.7 Å². The average Bonchev–Trinajstić information content (AvgIpc) is 2.90.